The second-order valence-corrected chi connectivity index (χ2v) is 6.54. The highest BCUT2D eigenvalue weighted by Gasteiger charge is 2.17. The first-order valence-corrected chi connectivity index (χ1v) is 8.32. The minimum atomic E-state index is -3.31. The zero-order valence-electron chi connectivity index (χ0n) is 11.6. The van der Waals surface area contributed by atoms with E-state index >= 15 is 0 Å². The van der Waals surface area contributed by atoms with Crippen molar-refractivity contribution in [3.8, 4) is 0 Å². The molecular weight excluding hydrogens is 254 g/mol. The molecule has 0 spiro atoms. The van der Waals surface area contributed by atoms with Gasteiger partial charge in [-0.15, -0.1) is 0 Å². The summed E-state index contributed by atoms with van der Waals surface area (Å²) in [5, 5.41) is 3.27. The topological polar surface area (TPSA) is 72.5 Å². The van der Waals surface area contributed by atoms with E-state index in [1.165, 1.54) is 0 Å². The lowest BCUT2D eigenvalue weighted by Crippen LogP contribution is -2.25. The number of carbonyl (C=O) groups excluding carboxylic acids is 1. The Morgan fingerprint density at radius 2 is 1.94 bits per heavy atom. The van der Waals surface area contributed by atoms with Gasteiger partial charge in [-0.1, -0.05) is 13.3 Å². The molecule has 0 radical (unpaired) electrons. The highest BCUT2D eigenvalue weighted by molar-refractivity contribution is 7.92. The van der Waals surface area contributed by atoms with E-state index < -0.39 is 21.6 Å². The Kier molecular flexibility index (Phi) is 9.01. The SMILES string of the molecule is CCNC(C)CCCCS(=O)(=O)CC(=O)OCC. The lowest BCUT2D eigenvalue weighted by Gasteiger charge is -2.11. The fraction of sp³-hybridized carbons (Fsp3) is 0.917. The molecule has 0 fully saturated rings. The third kappa shape index (κ3) is 9.41. The van der Waals surface area contributed by atoms with Crippen LogP contribution in [0.5, 0.6) is 0 Å². The third-order valence-electron chi connectivity index (χ3n) is 2.54. The van der Waals surface area contributed by atoms with Crippen molar-refractivity contribution < 1.29 is 17.9 Å². The zero-order chi connectivity index (χ0) is 14.0. The molecule has 0 heterocycles. The van der Waals surface area contributed by atoms with Gasteiger partial charge in [-0.3, -0.25) is 4.79 Å². The summed E-state index contributed by atoms with van der Waals surface area (Å²) in [6.45, 7) is 6.92. The van der Waals surface area contributed by atoms with Crippen molar-refractivity contribution in [1.29, 1.82) is 0 Å². The van der Waals surface area contributed by atoms with E-state index in [0.29, 0.717) is 12.5 Å². The average Bonchev–Trinajstić information content (AvgIpc) is 2.24. The van der Waals surface area contributed by atoms with Gasteiger partial charge in [0.05, 0.1) is 12.4 Å². The number of hydrogen-bond donors (Lipinski definition) is 1. The Morgan fingerprint density at radius 1 is 1.28 bits per heavy atom. The van der Waals surface area contributed by atoms with Crippen LogP contribution in [0.4, 0.5) is 0 Å². The van der Waals surface area contributed by atoms with Crippen LogP contribution in [0.15, 0.2) is 0 Å². The Morgan fingerprint density at radius 3 is 2.50 bits per heavy atom. The Bertz CT molecular complexity index is 327. The summed E-state index contributed by atoms with van der Waals surface area (Å²) in [4.78, 5) is 11.1. The number of carbonyl (C=O) groups is 1. The van der Waals surface area contributed by atoms with Crippen LogP contribution in [-0.2, 0) is 19.4 Å². The quantitative estimate of drug-likeness (QED) is 0.479. The molecule has 0 saturated heterocycles. The van der Waals surface area contributed by atoms with E-state index in [4.69, 9.17) is 0 Å². The van der Waals surface area contributed by atoms with E-state index in [9.17, 15) is 13.2 Å². The molecule has 1 atom stereocenters. The summed E-state index contributed by atoms with van der Waals surface area (Å²) in [5.41, 5.74) is 0. The summed E-state index contributed by atoms with van der Waals surface area (Å²) in [7, 11) is -3.31. The Balaban J connectivity index is 3.80. The van der Waals surface area contributed by atoms with Gasteiger partial charge in [-0.2, -0.15) is 0 Å². The maximum absolute atomic E-state index is 11.6. The van der Waals surface area contributed by atoms with Gasteiger partial charge in [0.25, 0.3) is 0 Å². The molecule has 0 aliphatic heterocycles. The lowest BCUT2D eigenvalue weighted by atomic mass is 10.1. The number of sulfone groups is 1. The number of ether oxygens (including phenoxy) is 1. The van der Waals surface area contributed by atoms with Crippen LogP contribution in [0.1, 0.15) is 40.0 Å². The number of hydrogen-bond acceptors (Lipinski definition) is 5. The molecule has 0 aromatic carbocycles. The van der Waals surface area contributed by atoms with Crippen LogP contribution in [0.2, 0.25) is 0 Å². The van der Waals surface area contributed by atoms with E-state index in [-0.39, 0.29) is 12.4 Å². The van der Waals surface area contributed by atoms with Gasteiger partial charge in [0.15, 0.2) is 9.84 Å². The number of rotatable bonds is 10. The lowest BCUT2D eigenvalue weighted by molar-refractivity contribution is -0.139. The maximum atomic E-state index is 11.6. The minimum absolute atomic E-state index is 0.0602. The van der Waals surface area contributed by atoms with Gasteiger partial charge in [0.2, 0.25) is 0 Å². The van der Waals surface area contributed by atoms with Crippen molar-refractivity contribution in [3.05, 3.63) is 0 Å². The summed E-state index contributed by atoms with van der Waals surface area (Å²) in [6.07, 6.45) is 2.39. The molecule has 0 bridgehead atoms. The molecule has 0 rings (SSSR count). The summed E-state index contributed by atoms with van der Waals surface area (Å²) in [6, 6.07) is 0.405. The van der Waals surface area contributed by atoms with Gasteiger partial charge in [0, 0.05) is 6.04 Å². The monoisotopic (exact) mass is 279 g/mol. The Labute approximate surface area is 110 Å². The van der Waals surface area contributed by atoms with E-state index in [0.717, 1.165) is 19.4 Å². The molecule has 0 amide bonds. The van der Waals surface area contributed by atoms with Crippen molar-refractivity contribution in [2.75, 3.05) is 24.7 Å². The van der Waals surface area contributed by atoms with Gasteiger partial charge in [-0.25, -0.2) is 8.42 Å². The largest absolute Gasteiger partial charge is 0.465 e. The summed E-state index contributed by atoms with van der Waals surface area (Å²) in [5.74, 6) is -1.09. The molecule has 0 aromatic rings. The van der Waals surface area contributed by atoms with Gasteiger partial charge < -0.3 is 10.1 Å². The van der Waals surface area contributed by atoms with Gasteiger partial charge >= 0.3 is 5.97 Å². The zero-order valence-corrected chi connectivity index (χ0v) is 12.4. The molecule has 0 saturated carbocycles. The molecule has 108 valence electrons. The first-order chi connectivity index (χ1) is 8.41. The molecular formula is C12H25NO4S. The van der Waals surface area contributed by atoms with Gasteiger partial charge in [-0.05, 0) is 33.2 Å². The molecule has 1 unspecified atom stereocenters. The molecule has 5 nitrogen and oxygen atoms in total. The van der Waals surface area contributed by atoms with Crippen molar-refractivity contribution >= 4 is 15.8 Å². The predicted octanol–water partition coefficient (Wildman–Crippen LogP) is 1.13. The highest BCUT2D eigenvalue weighted by atomic mass is 32.2. The fourth-order valence-electron chi connectivity index (χ4n) is 1.68. The normalized spacial score (nSPS) is 13.3. The van der Waals surface area contributed by atoms with Crippen molar-refractivity contribution in [2.45, 2.75) is 46.1 Å². The average molecular weight is 279 g/mol. The molecule has 1 N–H and O–H groups in total. The maximum Gasteiger partial charge on any atom is 0.321 e. The van der Waals surface area contributed by atoms with Crippen LogP contribution in [0, 0.1) is 0 Å². The second kappa shape index (κ2) is 9.33. The van der Waals surface area contributed by atoms with Crippen LogP contribution in [-0.4, -0.2) is 45.1 Å². The van der Waals surface area contributed by atoms with E-state index in [2.05, 4.69) is 17.0 Å². The standard InChI is InChI=1S/C12H25NO4S/c1-4-13-11(3)8-6-7-9-18(15,16)10-12(14)17-5-2/h11,13H,4-10H2,1-3H3. The first kappa shape index (κ1) is 17.4. The predicted molar refractivity (Wildman–Crippen MR) is 72.3 cm³/mol. The van der Waals surface area contributed by atoms with Crippen LogP contribution in [0.3, 0.4) is 0 Å². The molecule has 0 aliphatic rings. The van der Waals surface area contributed by atoms with E-state index in [1.54, 1.807) is 6.92 Å². The van der Waals surface area contributed by atoms with Crippen molar-refractivity contribution in [2.24, 2.45) is 0 Å². The smallest absolute Gasteiger partial charge is 0.321 e. The third-order valence-corrected chi connectivity index (χ3v) is 4.12. The summed E-state index contributed by atoms with van der Waals surface area (Å²) >= 11 is 0. The molecule has 0 aromatic heterocycles. The van der Waals surface area contributed by atoms with Gasteiger partial charge in [0.1, 0.15) is 5.75 Å². The molecule has 6 heteroatoms. The van der Waals surface area contributed by atoms with Crippen molar-refractivity contribution in [1.82, 2.24) is 5.32 Å². The highest BCUT2D eigenvalue weighted by Crippen LogP contribution is 2.04. The molecule has 18 heavy (non-hydrogen) atoms. The Hall–Kier alpha value is -0.620. The van der Waals surface area contributed by atoms with Crippen molar-refractivity contribution in [3.63, 3.8) is 0 Å². The minimum Gasteiger partial charge on any atom is -0.465 e. The van der Waals surface area contributed by atoms with E-state index in [1.807, 2.05) is 6.92 Å². The van der Waals surface area contributed by atoms with Crippen LogP contribution in [0.25, 0.3) is 0 Å². The number of esters is 1. The molecule has 0 aliphatic carbocycles. The number of nitrogens with one attached hydrogen (secondary N) is 1. The first-order valence-electron chi connectivity index (χ1n) is 6.50. The van der Waals surface area contributed by atoms with Crippen LogP contribution >= 0.6 is 0 Å². The number of unbranched alkanes of at least 4 members (excludes halogenated alkanes) is 1. The second-order valence-electron chi connectivity index (χ2n) is 4.35. The van der Waals surface area contributed by atoms with Crippen LogP contribution < -0.4 is 5.32 Å². The summed E-state index contributed by atoms with van der Waals surface area (Å²) < 4.78 is 27.8. The fourth-order valence-corrected chi connectivity index (χ4v) is 2.91.